The van der Waals surface area contributed by atoms with E-state index in [1.807, 2.05) is 12.1 Å². The highest BCUT2D eigenvalue weighted by Crippen LogP contribution is 2.11. The number of carbonyl (C=O) groups excluding carboxylic acids is 2. The Morgan fingerprint density at radius 1 is 1.04 bits per heavy atom. The minimum absolute atomic E-state index is 0.192. The summed E-state index contributed by atoms with van der Waals surface area (Å²) in [4.78, 5) is 23.4. The van der Waals surface area contributed by atoms with Gasteiger partial charge in [0.15, 0.2) is 0 Å². The lowest BCUT2D eigenvalue weighted by molar-refractivity contribution is 0.0951. The molecule has 0 aliphatic heterocycles. The summed E-state index contributed by atoms with van der Waals surface area (Å²) >= 11 is 5.81. The van der Waals surface area contributed by atoms with Gasteiger partial charge in [0.25, 0.3) is 5.91 Å². The zero-order valence-electron chi connectivity index (χ0n) is 12.6. The van der Waals surface area contributed by atoms with Crippen LogP contribution in [0.2, 0.25) is 5.02 Å². The van der Waals surface area contributed by atoms with E-state index in [0.29, 0.717) is 29.4 Å². The molecule has 2 aromatic rings. The quantitative estimate of drug-likeness (QED) is 0.874. The minimum Gasteiger partial charge on any atom is -0.450 e. The van der Waals surface area contributed by atoms with E-state index in [0.717, 1.165) is 5.56 Å². The molecule has 2 rings (SSSR count). The molecule has 0 radical (unpaired) electrons. The van der Waals surface area contributed by atoms with Gasteiger partial charge in [0.2, 0.25) is 0 Å². The molecule has 0 unspecified atom stereocenters. The summed E-state index contributed by atoms with van der Waals surface area (Å²) in [7, 11) is 0. The van der Waals surface area contributed by atoms with Crippen LogP contribution in [-0.4, -0.2) is 18.6 Å². The van der Waals surface area contributed by atoms with Crippen molar-refractivity contribution in [2.75, 3.05) is 11.9 Å². The molecule has 0 fully saturated rings. The molecule has 0 atom stereocenters. The van der Waals surface area contributed by atoms with Crippen molar-refractivity contribution >= 4 is 29.3 Å². The Bertz CT molecular complexity index is 669. The third kappa shape index (κ3) is 5.30. The molecule has 0 heterocycles. The Kier molecular flexibility index (Phi) is 6.00. The lowest BCUT2D eigenvalue weighted by Gasteiger charge is -2.08. The standard InChI is InChI=1S/C17H17ClN2O3/c1-2-23-17(22)20-15-9-5-13(6-10-15)16(21)19-11-12-3-7-14(18)8-4-12/h3-10H,2,11H2,1H3,(H,19,21)(H,20,22). The van der Waals surface area contributed by atoms with Crippen LogP contribution < -0.4 is 10.6 Å². The van der Waals surface area contributed by atoms with Crippen molar-refractivity contribution in [2.24, 2.45) is 0 Å². The maximum Gasteiger partial charge on any atom is 0.411 e. The van der Waals surface area contributed by atoms with Gasteiger partial charge in [0.1, 0.15) is 0 Å². The number of halogens is 1. The van der Waals surface area contributed by atoms with Gasteiger partial charge in [-0.3, -0.25) is 10.1 Å². The van der Waals surface area contributed by atoms with Crippen LogP contribution in [-0.2, 0) is 11.3 Å². The highest BCUT2D eigenvalue weighted by molar-refractivity contribution is 6.30. The van der Waals surface area contributed by atoms with E-state index >= 15 is 0 Å². The number of nitrogens with one attached hydrogen (secondary N) is 2. The summed E-state index contributed by atoms with van der Waals surface area (Å²) in [6.45, 7) is 2.45. The van der Waals surface area contributed by atoms with Gasteiger partial charge in [-0.1, -0.05) is 23.7 Å². The van der Waals surface area contributed by atoms with Crippen LogP contribution in [0.15, 0.2) is 48.5 Å². The normalized spacial score (nSPS) is 10.0. The van der Waals surface area contributed by atoms with E-state index in [1.54, 1.807) is 43.3 Å². The molecule has 2 N–H and O–H groups in total. The molecule has 0 saturated carbocycles. The number of amides is 2. The first-order valence-corrected chi connectivity index (χ1v) is 7.52. The van der Waals surface area contributed by atoms with Crippen LogP contribution in [0.5, 0.6) is 0 Å². The number of hydrogen-bond acceptors (Lipinski definition) is 3. The Morgan fingerprint density at radius 3 is 2.30 bits per heavy atom. The first kappa shape index (κ1) is 16.8. The largest absolute Gasteiger partial charge is 0.450 e. The lowest BCUT2D eigenvalue weighted by atomic mass is 10.2. The molecule has 0 spiro atoms. The van der Waals surface area contributed by atoms with Crippen molar-refractivity contribution < 1.29 is 14.3 Å². The highest BCUT2D eigenvalue weighted by atomic mass is 35.5. The Labute approximate surface area is 139 Å². The van der Waals surface area contributed by atoms with E-state index in [2.05, 4.69) is 10.6 Å². The molecule has 0 bridgehead atoms. The zero-order valence-corrected chi connectivity index (χ0v) is 13.4. The Hall–Kier alpha value is -2.53. The van der Waals surface area contributed by atoms with Gasteiger partial charge in [-0.2, -0.15) is 0 Å². The molecular formula is C17H17ClN2O3. The fourth-order valence-electron chi connectivity index (χ4n) is 1.88. The molecule has 23 heavy (non-hydrogen) atoms. The van der Waals surface area contributed by atoms with E-state index < -0.39 is 6.09 Å². The van der Waals surface area contributed by atoms with Crippen LogP contribution in [0.25, 0.3) is 0 Å². The lowest BCUT2D eigenvalue weighted by Crippen LogP contribution is -2.22. The van der Waals surface area contributed by atoms with E-state index in [-0.39, 0.29) is 5.91 Å². The number of carbonyl (C=O) groups is 2. The average molecular weight is 333 g/mol. The van der Waals surface area contributed by atoms with Crippen LogP contribution in [0, 0.1) is 0 Å². The van der Waals surface area contributed by atoms with Crippen molar-refractivity contribution in [1.29, 1.82) is 0 Å². The topological polar surface area (TPSA) is 67.4 Å². The second-order valence-electron chi connectivity index (χ2n) is 4.73. The SMILES string of the molecule is CCOC(=O)Nc1ccc(C(=O)NCc2ccc(Cl)cc2)cc1. The van der Waals surface area contributed by atoms with Crippen molar-refractivity contribution in [3.63, 3.8) is 0 Å². The number of benzene rings is 2. The van der Waals surface area contributed by atoms with Crippen LogP contribution >= 0.6 is 11.6 Å². The van der Waals surface area contributed by atoms with Gasteiger partial charge in [-0.05, 0) is 48.9 Å². The van der Waals surface area contributed by atoms with Crippen LogP contribution in [0.3, 0.4) is 0 Å². The highest BCUT2D eigenvalue weighted by Gasteiger charge is 2.07. The first-order chi connectivity index (χ1) is 11.1. The monoisotopic (exact) mass is 332 g/mol. The fourth-order valence-corrected chi connectivity index (χ4v) is 2.00. The summed E-state index contributed by atoms with van der Waals surface area (Å²) in [6, 6.07) is 13.8. The molecule has 0 aromatic heterocycles. The van der Waals surface area contributed by atoms with Crippen molar-refractivity contribution in [1.82, 2.24) is 5.32 Å². The average Bonchev–Trinajstić information content (AvgIpc) is 2.55. The molecule has 0 saturated heterocycles. The van der Waals surface area contributed by atoms with E-state index in [1.165, 1.54) is 0 Å². The Balaban J connectivity index is 1.89. The molecule has 0 aliphatic rings. The van der Waals surface area contributed by atoms with E-state index in [4.69, 9.17) is 16.3 Å². The number of hydrogen-bond donors (Lipinski definition) is 2. The van der Waals surface area contributed by atoms with Gasteiger partial charge >= 0.3 is 6.09 Å². The zero-order chi connectivity index (χ0) is 16.7. The molecule has 2 aromatic carbocycles. The molecule has 2 amide bonds. The summed E-state index contributed by atoms with van der Waals surface area (Å²) in [5.74, 6) is -0.192. The van der Waals surface area contributed by atoms with Gasteiger partial charge < -0.3 is 10.1 Å². The summed E-state index contributed by atoms with van der Waals surface area (Å²) in [5, 5.41) is 6.05. The van der Waals surface area contributed by atoms with Crippen LogP contribution in [0.4, 0.5) is 10.5 Å². The predicted molar refractivity (Wildman–Crippen MR) is 89.7 cm³/mol. The summed E-state index contributed by atoms with van der Waals surface area (Å²) in [6.07, 6.45) is -0.521. The van der Waals surface area contributed by atoms with Crippen molar-refractivity contribution in [2.45, 2.75) is 13.5 Å². The maximum atomic E-state index is 12.1. The second-order valence-corrected chi connectivity index (χ2v) is 5.17. The number of rotatable bonds is 5. The molecular weight excluding hydrogens is 316 g/mol. The summed E-state index contributed by atoms with van der Waals surface area (Å²) in [5.41, 5.74) is 2.04. The minimum atomic E-state index is -0.521. The fraction of sp³-hybridized carbons (Fsp3) is 0.176. The maximum absolute atomic E-state index is 12.1. The van der Waals surface area contributed by atoms with Gasteiger partial charge in [0.05, 0.1) is 6.61 Å². The van der Waals surface area contributed by atoms with Gasteiger partial charge in [-0.25, -0.2) is 4.79 Å². The van der Waals surface area contributed by atoms with E-state index in [9.17, 15) is 9.59 Å². The Morgan fingerprint density at radius 2 is 1.70 bits per heavy atom. The third-order valence-electron chi connectivity index (χ3n) is 3.04. The number of anilines is 1. The molecule has 5 nitrogen and oxygen atoms in total. The molecule has 120 valence electrons. The van der Waals surface area contributed by atoms with Gasteiger partial charge in [-0.15, -0.1) is 0 Å². The van der Waals surface area contributed by atoms with Crippen molar-refractivity contribution in [3.05, 3.63) is 64.7 Å². The second kappa shape index (κ2) is 8.19. The molecule has 6 heteroatoms. The van der Waals surface area contributed by atoms with Crippen molar-refractivity contribution in [3.8, 4) is 0 Å². The third-order valence-corrected chi connectivity index (χ3v) is 3.29. The van der Waals surface area contributed by atoms with Gasteiger partial charge in [0, 0.05) is 22.8 Å². The smallest absolute Gasteiger partial charge is 0.411 e. The summed E-state index contributed by atoms with van der Waals surface area (Å²) < 4.78 is 4.78. The number of ether oxygens (including phenoxy) is 1. The predicted octanol–water partition coefficient (Wildman–Crippen LogP) is 3.84. The first-order valence-electron chi connectivity index (χ1n) is 7.15. The molecule has 0 aliphatic carbocycles. The van der Waals surface area contributed by atoms with Crippen LogP contribution in [0.1, 0.15) is 22.8 Å².